The van der Waals surface area contributed by atoms with Gasteiger partial charge in [0.2, 0.25) is 0 Å². The largest absolute Gasteiger partial charge is 0.381 e. The van der Waals surface area contributed by atoms with Crippen LogP contribution in [0.5, 0.6) is 0 Å². The molecule has 2 aromatic heterocycles. The molecular weight excluding hydrogens is 392 g/mol. The highest BCUT2D eigenvalue weighted by Gasteiger charge is 2.27. The maximum atomic E-state index is 13.6. The number of hydrogen-bond acceptors (Lipinski definition) is 6. The quantitative estimate of drug-likeness (QED) is 0.543. The van der Waals surface area contributed by atoms with Gasteiger partial charge >= 0.3 is 0 Å². The fraction of sp³-hybridized carbons (Fsp3) is 0.714. The van der Waals surface area contributed by atoms with Crippen molar-refractivity contribution in [2.45, 2.75) is 63.3 Å². The third-order valence-corrected chi connectivity index (χ3v) is 8.62. The lowest BCUT2D eigenvalue weighted by atomic mass is 9.89. The molecule has 0 spiro atoms. The number of rotatable bonds is 5. The van der Waals surface area contributed by atoms with Gasteiger partial charge < -0.3 is 9.47 Å². The minimum atomic E-state index is 0.139. The van der Waals surface area contributed by atoms with E-state index in [0.29, 0.717) is 18.4 Å². The van der Waals surface area contributed by atoms with Gasteiger partial charge in [-0.15, -0.1) is 11.3 Å². The summed E-state index contributed by atoms with van der Waals surface area (Å²) < 4.78 is 13.3. The van der Waals surface area contributed by atoms with E-state index in [0.717, 1.165) is 73.1 Å². The van der Waals surface area contributed by atoms with Gasteiger partial charge in [0, 0.05) is 23.8 Å². The Morgan fingerprint density at radius 2 is 2.21 bits per heavy atom. The predicted molar refractivity (Wildman–Crippen MR) is 114 cm³/mol. The summed E-state index contributed by atoms with van der Waals surface area (Å²) in [7, 11) is 0. The van der Waals surface area contributed by atoms with Crippen molar-refractivity contribution in [2.75, 3.05) is 25.6 Å². The number of fused-ring (bicyclic) bond motifs is 3. The Morgan fingerprint density at radius 3 is 3.00 bits per heavy atom. The van der Waals surface area contributed by atoms with E-state index in [1.807, 2.05) is 4.57 Å². The number of hydrogen-bond donors (Lipinski definition) is 0. The van der Waals surface area contributed by atoms with Crippen LogP contribution in [0.1, 0.15) is 43.0 Å². The molecule has 0 N–H and O–H groups in total. The van der Waals surface area contributed by atoms with Crippen molar-refractivity contribution in [1.82, 2.24) is 9.55 Å². The topological polar surface area (TPSA) is 53.4 Å². The van der Waals surface area contributed by atoms with Crippen LogP contribution < -0.4 is 5.56 Å². The van der Waals surface area contributed by atoms with Crippen LogP contribution in [0.15, 0.2) is 9.95 Å². The Morgan fingerprint density at radius 1 is 1.29 bits per heavy atom. The lowest BCUT2D eigenvalue weighted by molar-refractivity contribution is 0.0937. The van der Waals surface area contributed by atoms with Crippen molar-refractivity contribution in [2.24, 2.45) is 11.8 Å². The molecule has 0 aromatic carbocycles. The summed E-state index contributed by atoms with van der Waals surface area (Å²) >= 11 is 3.47. The van der Waals surface area contributed by atoms with E-state index in [4.69, 9.17) is 14.5 Å². The second-order valence-electron chi connectivity index (χ2n) is 8.52. The summed E-state index contributed by atoms with van der Waals surface area (Å²) in [6, 6.07) is 0. The van der Waals surface area contributed by atoms with Crippen molar-refractivity contribution in [3.05, 3.63) is 20.8 Å². The first-order valence-electron chi connectivity index (χ1n) is 10.6. The number of thioether (sulfide) groups is 1. The molecule has 7 heteroatoms. The highest BCUT2D eigenvalue weighted by atomic mass is 32.2. The van der Waals surface area contributed by atoms with Gasteiger partial charge in [-0.25, -0.2) is 4.98 Å². The highest BCUT2D eigenvalue weighted by molar-refractivity contribution is 7.99. The lowest BCUT2D eigenvalue weighted by Gasteiger charge is -2.18. The van der Waals surface area contributed by atoms with E-state index < -0.39 is 0 Å². The molecule has 0 bridgehead atoms. The Balaban J connectivity index is 1.53. The van der Waals surface area contributed by atoms with Gasteiger partial charge in [0.25, 0.3) is 5.56 Å². The Hall–Kier alpha value is -0.890. The lowest BCUT2D eigenvalue weighted by Crippen LogP contribution is -2.29. The zero-order valence-electron chi connectivity index (χ0n) is 16.4. The molecule has 4 heterocycles. The molecule has 2 aliphatic heterocycles. The van der Waals surface area contributed by atoms with Crippen molar-refractivity contribution in [3.8, 4) is 0 Å². The van der Waals surface area contributed by atoms with E-state index >= 15 is 0 Å². The second kappa shape index (κ2) is 8.09. The minimum Gasteiger partial charge on any atom is -0.381 e. The van der Waals surface area contributed by atoms with Gasteiger partial charge in [0.1, 0.15) is 4.83 Å². The summed E-state index contributed by atoms with van der Waals surface area (Å²) in [4.78, 5) is 20.9. The molecule has 0 amide bonds. The van der Waals surface area contributed by atoms with Crippen molar-refractivity contribution >= 4 is 33.3 Å². The van der Waals surface area contributed by atoms with Crippen LogP contribution in [0.3, 0.4) is 0 Å². The zero-order valence-corrected chi connectivity index (χ0v) is 18.1. The smallest absolute Gasteiger partial charge is 0.263 e. The summed E-state index contributed by atoms with van der Waals surface area (Å²) in [5, 5.41) is 1.75. The van der Waals surface area contributed by atoms with Crippen LogP contribution in [0.4, 0.5) is 0 Å². The van der Waals surface area contributed by atoms with Gasteiger partial charge in [-0.1, -0.05) is 18.7 Å². The average molecular weight is 421 g/mol. The van der Waals surface area contributed by atoms with Crippen molar-refractivity contribution in [3.63, 3.8) is 0 Å². The molecule has 0 saturated carbocycles. The summed E-state index contributed by atoms with van der Waals surface area (Å²) in [5.41, 5.74) is 1.43. The van der Waals surface area contributed by atoms with E-state index in [1.165, 1.54) is 16.9 Å². The Kier molecular flexibility index (Phi) is 5.52. The molecular formula is C21H28N2O3S2. The monoisotopic (exact) mass is 420 g/mol. The fourth-order valence-corrected chi connectivity index (χ4v) is 7.12. The van der Waals surface area contributed by atoms with E-state index in [9.17, 15) is 4.79 Å². The Labute approximate surface area is 173 Å². The zero-order chi connectivity index (χ0) is 19.1. The standard InChI is InChI=1S/C21H28N2O3S2/c1-13-4-5-16-17(9-13)28-19-18(16)20(24)23(10-15-3-2-7-26-15)21(22-19)27-12-14-6-8-25-11-14/h13-15H,2-12H2,1H3/t13-,14+,15-/m1/s1. The maximum Gasteiger partial charge on any atom is 0.263 e. The molecule has 0 radical (unpaired) electrons. The number of nitrogens with zero attached hydrogens (tertiary/aromatic N) is 2. The molecule has 5 nitrogen and oxygen atoms in total. The second-order valence-corrected chi connectivity index (χ2v) is 10.6. The molecule has 0 unspecified atom stereocenters. The van der Waals surface area contributed by atoms with Gasteiger partial charge in [-0.05, 0) is 55.9 Å². The summed E-state index contributed by atoms with van der Waals surface area (Å²) in [6.45, 7) is 5.43. The van der Waals surface area contributed by atoms with E-state index in [1.54, 1.807) is 23.1 Å². The first kappa shape index (κ1) is 19.1. The number of thiophene rings is 1. The van der Waals surface area contributed by atoms with Crippen LogP contribution in [0.2, 0.25) is 0 Å². The normalized spacial score (nSPS) is 27.5. The van der Waals surface area contributed by atoms with E-state index in [-0.39, 0.29) is 11.7 Å². The number of aromatic nitrogens is 2. The molecule has 3 atom stereocenters. The molecule has 152 valence electrons. The highest BCUT2D eigenvalue weighted by Crippen LogP contribution is 2.37. The third-order valence-electron chi connectivity index (χ3n) is 6.26. The van der Waals surface area contributed by atoms with Crippen molar-refractivity contribution < 1.29 is 9.47 Å². The van der Waals surface area contributed by atoms with Gasteiger partial charge in [0.05, 0.1) is 24.6 Å². The van der Waals surface area contributed by atoms with Crippen LogP contribution in [0.25, 0.3) is 10.2 Å². The SMILES string of the molecule is C[C@@H]1CCc2c(sc3nc(SC[C@H]4CCOC4)n(C[C@H]4CCCO4)c(=O)c23)C1. The van der Waals surface area contributed by atoms with Gasteiger partial charge in [-0.3, -0.25) is 9.36 Å². The number of ether oxygens (including phenoxy) is 2. The Bertz CT molecular complexity index is 910. The van der Waals surface area contributed by atoms with Crippen LogP contribution >= 0.6 is 23.1 Å². The third kappa shape index (κ3) is 3.66. The molecule has 2 saturated heterocycles. The van der Waals surface area contributed by atoms with Crippen LogP contribution in [0, 0.1) is 11.8 Å². The molecule has 1 aliphatic carbocycles. The van der Waals surface area contributed by atoms with Crippen LogP contribution in [-0.4, -0.2) is 41.2 Å². The molecule has 2 fully saturated rings. The van der Waals surface area contributed by atoms with Gasteiger partial charge in [-0.2, -0.15) is 0 Å². The van der Waals surface area contributed by atoms with Crippen molar-refractivity contribution in [1.29, 1.82) is 0 Å². The maximum absolute atomic E-state index is 13.6. The average Bonchev–Trinajstić information content (AvgIpc) is 3.42. The minimum absolute atomic E-state index is 0.139. The predicted octanol–water partition coefficient (Wildman–Crippen LogP) is 3.89. The van der Waals surface area contributed by atoms with Gasteiger partial charge in [0.15, 0.2) is 5.16 Å². The first-order chi connectivity index (χ1) is 13.7. The summed E-state index contributed by atoms with van der Waals surface area (Å²) in [6.07, 6.45) is 6.63. The fourth-order valence-electron chi connectivity index (χ4n) is 4.58. The molecule has 28 heavy (non-hydrogen) atoms. The summed E-state index contributed by atoms with van der Waals surface area (Å²) in [5.74, 6) is 2.23. The van der Waals surface area contributed by atoms with Crippen LogP contribution in [-0.2, 0) is 28.9 Å². The molecule has 2 aromatic rings. The molecule has 3 aliphatic rings. The number of aryl methyl sites for hydroxylation is 1. The molecule has 5 rings (SSSR count). The van der Waals surface area contributed by atoms with E-state index in [2.05, 4.69) is 6.92 Å². The first-order valence-corrected chi connectivity index (χ1v) is 12.4.